The molecule has 2 bridgehead atoms. The van der Waals surface area contributed by atoms with Gasteiger partial charge in [0.25, 0.3) is 0 Å². The van der Waals surface area contributed by atoms with Gasteiger partial charge in [-0.3, -0.25) is 0 Å². The molecular weight excluding hydrogens is 258 g/mol. The zero-order chi connectivity index (χ0) is 14.8. The van der Waals surface area contributed by atoms with Crippen molar-refractivity contribution in [3.8, 4) is 0 Å². The van der Waals surface area contributed by atoms with Crippen LogP contribution in [0.1, 0.15) is 56.8 Å². The lowest BCUT2D eigenvalue weighted by atomic mass is 9.95. The summed E-state index contributed by atoms with van der Waals surface area (Å²) in [5.74, 6) is 2.51. The molecule has 0 radical (unpaired) electrons. The Balaban J connectivity index is 1.49. The first-order chi connectivity index (χ1) is 10.1. The Morgan fingerprint density at radius 2 is 1.90 bits per heavy atom. The van der Waals surface area contributed by atoms with Crippen molar-refractivity contribution in [2.24, 2.45) is 17.8 Å². The van der Waals surface area contributed by atoms with Crippen LogP contribution in [0.25, 0.3) is 0 Å². The summed E-state index contributed by atoms with van der Waals surface area (Å²) in [6.45, 7) is 5.17. The van der Waals surface area contributed by atoms with Gasteiger partial charge in [-0.2, -0.15) is 0 Å². The molecule has 2 fully saturated rings. The Bertz CT molecular complexity index is 453. The maximum atomic E-state index is 10.4. The molecule has 0 saturated heterocycles. The Morgan fingerprint density at radius 1 is 1.14 bits per heavy atom. The summed E-state index contributed by atoms with van der Waals surface area (Å²) < 4.78 is 0. The minimum absolute atomic E-state index is 0.378. The first-order valence-electron chi connectivity index (χ1n) is 8.62. The summed E-state index contributed by atoms with van der Waals surface area (Å²) in [4.78, 5) is 0. The molecule has 4 unspecified atom stereocenters. The van der Waals surface area contributed by atoms with Crippen LogP contribution in [0, 0.1) is 17.8 Å². The monoisotopic (exact) mass is 287 g/mol. The molecule has 2 saturated carbocycles. The van der Waals surface area contributed by atoms with Crippen LogP contribution in [-0.2, 0) is 6.42 Å². The molecule has 4 atom stereocenters. The third-order valence-electron chi connectivity index (χ3n) is 5.32. The molecule has 2 nitrogen and oxygen atoms in total. The number of aliphatic hydroxyl groups is 1. The zero-order valence-corrected chi connectivity index (χ0v) is 13.4. The van der Waals surface area contributed by atoms with Crippen LogP contribution in [0.5, 0.6) is 0 Å². The zero-order valence-electron chi connectivity index (χ0n) is 13.4. The van der Waals surface area contributed by atoms with E-state index in [4.69, 9.17) is 0 Å². The Hall–Kier alpha value is -0.860. The van der Waals surface area contributed by atoms with Gasteiger partial charge < -0.3 is 10.4 Å². The second-order valence-electron chi connectivity index (χ2n) is 7.54. The van der Waals surface area contributed by atoms with Crippen molar-refractivity contribution in [3.05, 3.63) is 35.4 Å². The quantitative estimate of drug-likeness (QED) is 0.836. The van der Waals surface area contributed by atoms with Crippen molar-refractivity contribution in [3.63, 3.8) is 0 Å². The predicted molar refractivity (Wildman–Crippen MR) is 87.2 cm³/mol. The first-order valence-corrected chi connectivity index (χ1v) is 8.62. The summed E-state index contributed by atoms with van der Waals surface area (Å²) in [6, 6.07) is 9.15. The van der Waals surface area contributed by atoms with Crippen LogP contribution in [-0.4, -0.2) is 17.7 Å². The van der Waals surface area contributed by atoms with Crippen LogP contribution >= 0.6 is 0 Å². The van der Waals surface area contributed by atoms with Crippen molar-refractivity contribution in [1.82, 2.24) is 5.32 Å². The number of hydrogen-bond acceptors (Lipinski definition) is 2. The molecule has 2 aliphatic carbocycles. The van der Waals surface area contributed by atoms with Gasteiger partial charge in [0.05, 0.1) is 6.10 Å². The molecule has 0 heterocycles. The molecule has 1 aromatic carbocycles. The van der Waals surface area contributed by atoms with Gasteiger partial charge in [-0.05, 0) is 54.6 Å². The Kier molecular flexibility index (Phi) is 4.66. The maximum Gasteiger partial charge on any atom is 0.0914 e. The van der Waals surface area contributed by atoms with Crippen molar-refractivity contribution in [1.29, 1.82) is 0 Å². The first kappa shape index (κ1) is 15.1. The van der Waals surface area contributed by atoms with E-state index in [1.165, 1.54) is 31.2 Å². The lowest BCUT2D eigenvalue weighted by Gasteiger charge is -2.24. The summed E-state index contributed by atoms with van der Waals surface area (Å²) >= 11 is 0. The highest BCUT2D eigenvalue weighted by atomic mass is 16.3. The van der Waals surface area contributed by atoms with Crippen LogP contribution < -0.4 is 5.32 Å². The SMILES string of the molecule is CC(C)Cc1ccc(C(O)CNC2CC3CCC2C3)cc1. The van der Waals surface area contributed by atoms with Crippen molar-refractivity contribution < 1.29 is 5.11 Å². The van der Waals surface area contributed by atoms with Gasteiger partial charge in [-0.15, -0.1) is 0 Å². The third-order valence-corrected chi connectivity index (χ3v) is 5.32. The molecule has 116 valence electrons. The number of fused-ring (bicyclic) bond motifs is 2. The molecule has 3 rings (SSSR count). The van der Waals surface area contributed by atoms with Crippen molar-refractivity contribution in [2.75, 3.05) is 6.54 Å². The summed E-state index contributed by atoms with van der Waals surface area (Å²) in [5.41, 5.74) is 2.40. The van der Waals surface area contributed by atoms with Crippen LogP contribution in [0.3, 0.4) is 0 Å². The molecule has 2 heteroatoms. The Morgan fingerprint density at radius 3 is 2.48 bits per heavy atom. The van der Waals surface area contributed by atoms with E-state index in [0.717, 1.165) is 23.8 Å². The van der Waals surface area contributed by atoms with Crippen molar-refractivity contribution >= 4 is 0 Å². The van der Waals surface area contributed by atoms with E-state index >= 15 is 0 Å². The number of nitrogens with one attached hydrogen (secondary N) is 1. The standard InChI is InChI=1S/C19H29NO/c1-13(2)9-14-3-6-16(7-4-14)19(21)12-20-18-11-15-5-8-17(18)10-15/h3-4,6-7,13,15,17-21H,5,8-12H2,1-2H3. The van der Waals surface area contributed by atoms with E-state index in [1.54, 1.807) is 0 Å². The summed E-state index contributed by atoms with van der Waals surface area (Å²) in [6.07, 6.45) is 6.30. The van der Waals surface area contributed by atoms with Gasteiger partial charge >= 0.3 is 0 Å². The minimum Gasteiger partial charge on any atom is -0.387 e. The average molecular weight is 287 g/mol. The highest BCUT2D eigenvalue weighted by Crippen LogP contribution is 2.44. The van der Waals surface area contributed by atoms with E-state index in [2.05, 4.69) is 43.4 Å². The van der Waals surface area contributed by atoms with Crippen LogP contribution in [0.4, 0.5) is 0 Å². The summed E-state index contributed by atoms with van der Waals surface area (Å²) in [5, 5.41) is 14.0. The second-order valence-corrected chi connectivity index (χ2v) is 7.54. The second kappa shape index (κ2) is 6.50. The molecule has 21 heavy (non-hydrogen) atoms. The minimum atomic E-state index is -0.378. The normalized spacial score (nSPS) is 29.2. The van der Waals surface area contributed by atoms with E-state index in [-0.39, 0.29) is 6.10 Å². The van der Waals surface area contributed by atoms with Gasteiger partial charge in [0, 0.05) is 12.6 Å². The highest BCUT2D eigenvalue weighted by molar-refractivity contribution is 5.24. The van der Waals surface area contributed by atoms with Gasteiger partial charge in [-0.25, -0.2) is 0 Å². The topological polar surface area (TPSA) is 32.3 Å². The molecular formula is C19H29NO. The smallest absolute Gasteiger partial charge is 0.0914 e. The van der Waals surface area contributed by atoms with Crippen LogP contribution in [0.15, 0.2) is 24.3 Å². The predicted octanol–water partition coefficient (Wildman–Crippen LogP) is 3.70. The fourth-order valence-electron chi connectivity index (χ4n) is 4.22. The molecule has 1 aromatic rings. The van der Waals surface area contributed by atoms with E-state index in [9.17, 15) is 5.11 Å². The van der Waals surface area contributed by atoms with Gasteiger partial charge in [0.1, 0.15) is 0 Å². The average Bonchev–Trinajstić information content (AvgIpc) is 3.07. The number of aliphatic hydroxyl groups excluding tert-OH is 1. The van der Waals surface area contributed by atoms with Gasteiger partial charge in [0.15, 0.2) is 0 Å². The maximum absolute atomic E-state index is 10.4. The molecule has 0 aromatic heterocycles. The molecule has 0 amide bonds. The number of hydrogen-bond donors (Lipinski definition) is 2. The number of rotatable bonds is 6. The van der Waals surface area contributed by atoms with Gasteiger partial charge in [0.2, 0.25) is 0 Å². The highest BCUT2D eigenvalue weighted by Gasteiger charge is 2.39. The molecule has 2 aliphatic rings. The third kappa shape index (κ3) is 3.67. The van der Waals surface area contributed by atoms with Gasteiger partial charge in [-0.1, -0.05) is 44.5 Å². The molecule has 0 spiro atoms. The lowest BCUT2D eigenvalue weighted by molar-refractivity contribution is 0.163. The lowest BCUT2D eigenvalue weighted by Crippen LogP contribution is -2.36. The largest absolute Gasteiger partial charge is 0.387 e. The molecule has 0 aliphatic heterocycles. The Labute approximate surface area is 129 Å². The van der Waals surface area contributed by atoms with E-state index in [1.807, 2.05) is 0 Å². The fraction of sp³-hybridized carbons (Fsp3) is 0.684. The van der Waals surface area contributed by atoms with Crippen molar-refractivity contribution in [2.45, 2.75) is 58.1 Å². The molecule has 2 N–H and O–H groups in total. The summed E-state index contributed by atoms with van der Waals surface area (Å²) in [7, 11) is 0. The van der Waals surface area contributed by atoms with Crippen LogP contribution in [0.2, 0.25) is 0 Å². The fourth-order valence-corrected chi connectivity index (χ4v) is 4.22. The van der Waals surface area contributed by atoms with E-state index in [0.29, 0.717) is 18.5 Å². The number of benzene rings is 1. The van der Waals surface area contributed by atoms with E-state index < -0.39 is 0 Å².